The third-order valence-electron chi connectivity index (χ3n) is 6.43. The number of amides is 2. The normalized spacial score (nSPS) is 11.8. The van der Waals surface area contributed by atoms with Crippen LogP contribution in [0.15, 0.2) is 48.7 Å². The van der Waals surface area contributed by atoms with Gasteiger partial charge < -0.3 is 19.7 Å². The van der Waals surface area contributed by atoms with Crippen LogP contribution in [0.4, 0.5) is 25.5 Å². The molecule has 4 rings (SSSR count). The van der Waals surface area contributed by atoms with E-state index >= 15 is 4.39 Å². The first kappa shape index (κ1) is 33.2. The number of aromatic nitrogens is 4. The number of hydrogen-bond acceptors (Lipinski definition) is 8. The lowest BCUT2D eigenvalue weighted by Gasteiger charge is -2.26. The number of anilines is 2. The number of rotatable bonds is 9. The molecule has 1 aromatic carbocycles. The Morgan fingerprint density at radius 3 is 2.31 bits per heavy atom. The Hall–Kier alpha value is -4.74. The Balaban J connectivity index is 1.58. The predicted molar refractivity (Wildman–Crippen MR) is 173 cm³/mol. The van der Waals surface area contributed by atoms with Gasteiger partial charge in [0.05, 0.1) is 17.1 Å². The fraction of sp³-hybridized carbons (Fsp3) is 0.424. The summed E-state index contributed by atoms with van der Waals surface area (Å²) in [7, 11) is 0. The van der Waals surface area contributed by atoms with Crippen molar-refractivity contribution < 1.29 is 23.5 Å². The molecule has 0 saturated heterocycles. The van der Waals surface area contributed by atoms with Gasteiger partial charge in [-0.05, 0) is 91.3 Å². The number of carbonyl (C=O) groups is 2. The van der Waals surface area contributed by atoms with Gasteiger partial charge in [0.15, 0.2) is 5.65 Å². The van der Waals surface area contributed by atoms with Gasteiger partial charge in [0.2, 0.25) is 0 Å². The summed E-state index contributed by atoms with van der Waals surface area (Å²) in [5.74, 6) is 0.572. The Kier molecular flexibility index (Phi) is 9.94. The van der Waals surface area contributed by atoms with Gasteiger partial charge in [-0.3, -0.25) is 9.88 Å². The topological polar surface area (TPSA) is 124 Å². The summed E-state index contributed by atoms with van der Waals surface area (Å²) < 4.78 is 28.1. The summed E-state index contributed by atoms with van der Waals surface area (Å²) in [5, 5.41) is 5.40. The number of carbonyl (C=O) groups excluding carboxylic acids is 2. The highest BCUT2D eigenvalue weighted by atomic mass is 19.1. The first-order valence-electron chi connectivity index (χ1n) is 15.0. The minimum atomic E-state index is -0.643. The molecule has 12 heteroatoms. The lowest BCUT2D eigenvalue weighted by atomic mass is 10.1. The van der Waals surface area contributed by atoms with Crippen LogP contribution in [-0.2, 0) is 9.47 Å². The number of pyridine rings is 2. The molecular formula is C33H42FN7O4. The molecule has 11 nitrogen and oxygen atoms in total. The number of nitrogens with one attached hydrogen (secondary N) is 2. The van der Waals surface area contributed by atoms with Gasteiger partial charge in [-0.2, -0.15) is 0 Å². The van der Waals surface area contributed by atoms with E-state index in [9.17, 15) is 9.59 Å². The molecule has 0 fully saturated rings. The van der Waals surface area contributed by atoms with Crippen LogP contribution in [0.25, 0.3) is 28.1 Å². The van der Waals surface area contributed by atoms with Crippen molar-refractivity contribution in [1.82, 2.24) is 24.8 Å². The van der Waals surface area contributed by atoms with E-state index in [1.807, 2.05) is 36.9 Å². The van der Waals surface area contributed by atoms with Crippen molar-refractivity contribution in [1.29, 1.82) is 0 Å². The maximum atomic E-state index is 15.7. The van der Waals surface area contributed by atoms with Crippen molar-refractivity contribution in [2.45, 2.75) is 73.0 Å². The van der Waals surface area contributed by atoms with Crippen LogP contribution in [0.2, 0.25) is 0 Å². The molecule has 0 aliphatic carbocycles. The van der Waals surface area contributed by atoms with Crippen LogP contribution in [0.1, 0.15) is 60.7 Å². The maximum Gasteiger partial charge on any atom is 0.413 e. The third kappa shape index (κ3) is 8.90. The molecule has 4 aromatic rings. The molecular weight excluding hydrogens is 577 g/mol. The number of imidazole rings is 1. The van der Waals surface area contributed by atoms with Crippen LogP contribution < -0.4 is 15.5 Å². The Morgan fingerprint density at radius 1 is 0.933 bits per heavy atom. The monoisotopic (exact) mass is 619 g/mol. The van der Waals surface area contributed by atoms with E-state index in [0.717, 1.165) is 12.0 Å². The molecule has 0 radical (unpaired) electrons. The second-order valence-corrected chi connectivity index (χ2v) is 12.6. The minimum absolute atomic E-state index is 0.304. The van der Waals surface area contributed by atoms with E-state index in [1.165, 1.54) is 6.07 Å². The lowest BCUT2D eigenvalue weighted by Crippen LogP contribution is -2.38. The number of benzene rings is 1. The van der Waals surface area contributed by atoms with Crippen LogP contribution >= 0.6 is 0 Å². The predicted octanol–water partition coefficient (Wildman–Crippen LogP) is 7.02. The Bertz CT molecular complexity index is 1670. The van der Waals surface area contributed by atoms with Crippen LogP contribution in [0.5, 0.6) is 0 Å². The standard InChI is InChI=1S/C33H42FN7O4/c1-9-17-40(18-16-36-30(42)44-32(3,4)5)27-13-10-23(20-24(27)34)41-21(2)37-26-12-11-25(38-29(26)41)22-14-15-35-28(19-22)39-31(43)45-33(6,7)8/h10-15,19-20H,9,16-18H2,1-8H3,(H,36,42)(H,35,39,43). The molecule has 2 N–H and O–H groups in total. The molecule has 0 aliphatic heterocycles. The largest absolute Gasteiger partial charge is 0.444 e. The van der Waals surface area contributed by atoms with Gasteiger partial charge in [-0.1, -0.05) is 6.92 Å². The summed E-state index contributed by atoms with van der Waals surface area (Å²) in [5.41, 5.74) is 2.33. The Morgan fingerprint density at radius 2 is 1.64 bits per heavy atom. The zero-order valence-electron chi connectivity index (χ0n) is 27.2. The number of hydrogen-bond donors (Lipinski definition) is 2. The number of nitrogens with zero attached hydrogens (tertiary/aromatic N) is 5. The number of alkyl carbamates (subject to hydrolysis) is 1. The van der Waals surface area contributed by atoms with Crippen molar-refractivity contribution in [2.24, 2.45) is 0 Å². The zero-order valence-corrected chi connectivity index (χ0v) is 27.2. The third-order valence-corrected chi connectivity index (χ3v) is 6.43. The highest BCUT2D eigenvalue weighted by Gasteiger charge is 2.20. The van der Waals surface area contributed by atoms with Crippen molar-refractivity contribution in [3.63, 3.8) is 0 Å². The minimum Gasteiger partial charge on any atom is -0.444 e. The van der Waals surface area contributed by atoms with Crippen LogP contribution in [0.3, 0.4) is 0 Å². The molecule has 240 valence electrons. The number of fused-ring (bicyclic) bond motifs is 1. The molecule has 2 amide bonds. The summed E-state index contributed by atoms with van der Waals surface area (Å²) in [6, 6.07) is 12.2. The Labute approximate surface area is 263 Å². The van der Waals surface area contributed by atoms with Gasteiger partial charge in [0, 0.05) is 37.5 Å². The van der Waals surface area contributed by atoms with Gasteiger partial charge in [-0.15, -0.1) is 0 Å². The molecule has 0 atom stereocenters. The summed E-state index contributed by atoms with van der Waals surface area (Å²) >= 11 is 0. The summed E-state index contributed by atoms with van der Waals surface area (Å²) in [4.78, 5) is 40.0. The van der Waals surface area contributed by atoms with Crippen molar-refractivity contribution in [2.75, 3.05) is 29.9 Å². The van der Waals surface area contributed by atoms with E-state index < -0.39 is 29.2 Å². The zero-order chi connectivity index (χ0) is 32.9. The fourth-order valence-corrected chi connectivity index (χ4v) is 4.73. The first-order chi connectivity index (χ1) is 21.1. The average molecular weight is 620 g/mol. The van der Waals surface area contributed by atoms with Crippen molar-refractivity contribution >= 4 is 34.9 Å². The quantitative estimate of drug-likeness (QED) is 0.205. The van der Waals surface area contributed by atoms with E-state index in [4.69, 9.17) is 14.5 Å². The van der Waals surface area contributed by atoms with E-state index in [0.29, 0.717) is 59.5 Å². The average Bonchev–Trinajstić information content (AvgIpc) is 3.25. The summed E-state index contributed by atoms with van der Waals surface area (Å²) in [6.45, 7) is 16.0. The van der Waals surface area contributed by atoms with Crippen LogP contribution in [0, 0.1) is 12.7 Å². The van der Waals surface area contributed by atoms with E-state index in [1.54, 1.807) is 70.5 Å². The van der Waals surface area contributed by atoms with E-state index in [-0.39, 0.29) is 0 Å². The first-order valence-corrected chi connectivity index (χ1v) is 15.0. The second kappa shape index (κ2) is 13.5. The van der Waals surface area contributed by atoms with Gasteiger partial charge in [-0.25, -0.2) is 28.9 Å². The molecule has 0 saturated carbocycles. The van der Waals surface area contributed by atoms with E-state index in [2.05, 4.69) is 20.6 Å². The molecule has 0 unspecified atom stereocenters. The van der Waals surface area contributed by atoms with Crippen molar-refractivity contribution in [3.05, 3.63) is 60.3 Å². The van der Waals surface area contributed by atoms with Gasteiger partial charge in [0.1, 0.15) is 34.2 Å². The van der Waals surface area contributed by atoms with Gasteiger partial charge >= 0.3 is 12.2 Å². The van der Waals surface area contributed by atoms with Gasteiger partial charge in [0.25, 0.3) is 0 Å². The maximum absolute atomic E-state index is 15.7. The molecule has 0 bridgehead atoms. The highest BCUT2D eigenvalue weighted by Crippen LogP contribution is 2.28. The number of aryl methyl sites for hydroxylation is 1. The molecule has 0 spiro atoms. The number of halogens is 1. The molecule has 3 heterocycles. The van der Waals surface area contributed by atoms with Crippen molar-refractivity contribution in [3.8, 4) is 16.9 Å². The smallest absolute Gasteiger partial charge is 0.413 e. The SMILES string of the molecule is CCCN(CCNC(=O)OC(C)(C)C)c1ccc(-n2c(C)nc3ccc(-c4ccnc(NC(=O)OC(C)(C)C)c4)nc32)cc1F. The molecule has 0 aliphatic rings. The second-order valence-electron chi connectivity index (χ2n) is 12.6. The fourth-order valence-electron chi connectivity index (χ4n) is 4.73. The molecule has 45 heavy (non-hydrogen) atoms. The lowest BCUT2D eigenvalue weighted by molar-refractivity contribution is 0.0528. The summed E-state index contributed by atoms with van der Waals surface area (Å²) in [6.07, 6.45) is 1.27. The van der Waals surface area contributed by atoms with Crippen LogP contribution in [-0.4, -0.2) is 62.5 Å². The highest BCUT2D eigenvalue weighted by molar-refractivity contribution is 5.85. The number of ether oxygens (including phenoxy) is 2. The molecule has 3 aromatic heterocycles.